The highest BCUT2D eigenvalue weighted by molar-refractivity contribution is 5.94. The standard InChI is InChI=1S/C32H44N4O6/c1-31(2,3)41-29(39)33-19-21-7-15-25(16-8-21)35-27(37)23-11-13-24(14-12-23)28(38)36-26-17-9-22(10-18-26)20-34-30(40)42-32(4,5)6/h7-10,15-18,23-24H,11-14,19-20H2,1-6H3,(H,33,39)(H,34,40)(H,35,37)(H,36,38)/t23-,24-. The topological polar surface area (TPSA) is 135 Å². The van der Waals surface area contributed by atoms with Crippen molar-refractivity contribution in [1.82, 2.24) is 10.6 Å². The van der Waals surface area contributed by atoms with Crippen LogP contribution in [0.1, 0.15) is 78.4 Å². The van der Waals surface area contributed by atoms with Crippen molar-refractivity contribution in [2.75, 3.05) is 10.6 Å². The van der Waals surface area contributed by atoms with Crippen LogP contribution in [0.5, 0.6) is 0 Å². The minimum atomic E-state index is -0.557. The Morgan fingerprint density at radius 2 is 0.905 bits per heavy atom. The summed E-state index contributed by atoms with van der Waals surface area (Å²) in [6, 6.07) is 14.6. The predicted molar refractivity (Wildman–Crippen MR) is 162 cm³/mol. The van der Waals surface area contributed by atoms with E-state index < -0.39 is 23.4 Å². The summed E-state index contributed by atoms with van der Waals surface area (Å²) in [5, 5.41) is 11.4. The second-order valence-electron chi connectivity index (χ2n) is 12.6. The van der Waals surface area contributed by atoms with Gasteiger partial charge in [0.15, 0.2) is 0 Å². The highest BCUT2D eigenvalue weighted by Crippen LogP contribution is 2.31. The lowest BCUT2D eigenvalue weighted by Crippen LogP contribution is -2.32. The molecule has 2 aromatic carbocycles. The first-order valence-corrected chi connectivity index (χ1v) is 14.4. The summed E-state index contributed by atoms with van der Waals surface area (Å²) >= 11 is 0. The molecule has 0 unspecified atom stereocenters. The maximum Gasteiger partial charge on any atom is 0.407 e. The van der Waals surface area contributed by atoms with Crippen LogP contribution in [0, 0.1) is 11.8 Å². The summed E-state index contributed by atoms with van der Waals surface area (Å²) in [6.07, 6.45) is 1.58. The van der Waals surface area contributed by atoms with E-state index >= 15 is 0 Å². The van der Waals surface area contributed by atoms with Crippen molar-refractivity contribution in [1.29, 1.82) is 0 Å². The van der Waals surface area contributed by atoms with Crippen LogP contribution in [-0.4, -0.2) is 35.2 Å². The van der Waals surface area contributed by atoms with E-state index in [2.05, 4.69) is 21.3 Å². The van der Waals surface area contributed by atoms with E-state index in [1.807, 2.05) is 90.1 Å². The number of hydrogen-bond donors (Lipinski definition) is 4. The molecule has 0 saturated heterocycles. The number of ether oxygens (including phenoxy) is 2. The monoisotopic (exact) mass is 580 g/mol. The number of hydrogen-bond acceptors (Lipinski definition) is 6. The van der Waals surface area contributed by atoms with Crippen molar-refractivity contribution in [2.24, 2.45) is 11.8 Å². The number of amides is 4. The zero-order valence-corrected chi connectivity index (χ0v) is 25.5. The maximum atomic E-state index is 12.8. The average Bonchev–Trinajstić information content (AvgIpc) is 2.90. The molecule has 3 rings (SSSR count). The lowest BCUT2D eigenvalue weighted by atomic mass is 9.81. The Morgan fingerprint density at radius 1 is 0.595 bits per heavy atom. The zero-order chi connectivity index (χ0) is 30.9. The van der Waals surface area contributed by atoms with Crippen LogP contribution < -0.4 is 21.3 Å². The molecule has 0 aliphatic heterocycles. The van der Waals surface area contributed by atoms with Crippen LogP contribution in [-0.2, 0) is 32.2 Å². The fourth-order valence-electron chi connectivity index (χ4n) is 4.50. The molecule has 228 valence electrons. The third kappa shape index (κ3) is 11.4. The Bertz CT molecular complexity index is 1120. The molecule has 10 heteroatoms. The summed E-state index contributed by atoms with van der Waals surface area (Å²) in [7, 11) is 0. The van der Waals surface area contributed by atoms with Crippen molar-refractivity contribution in [3.8, 4) is 0 Å². The molecular weight excluding hydrogens is 536 g/mol. The molecule has 4 amide bonds. The van der Waals surface area contributed by atoms with Crippen molar-refractivity contribution in [3.05, 3.63) is 59.7 Å². The normalized spacial score (nSPS) is 17.0. The summed E-state index contributed by atoms with van der Waals surface area (Å²) in [6.45, 7) is 11.5. The number of carbonyl (C=O) groups is 4. The maximum absolute atomic E-state index is 12.8. The van der Waals surface area contributed by atoms with E-state index in [9.17, 15) is 19.2 Å². The van der Waals surface area contributed by atoms with Crippen molar-refractivity contribution in [3.63, 3.8) is 0 Å². The Morgan fingerprint density at radius 3 is 1.19 bits per heavy atom. The Hall–Kier alpha value is -4.08. The van der Waals surface area contributed by atoms with Gasteiger partial charge in [-0.05, 0) is 103 Å². The van der Waals surface area contributed by atoms with Gasteiger partial charge in [-0.2, -0.15) is 0 Å². The fourth-order valence-corrected chi connectivity index (χ4v) is 4.50. The van der Waals surface area contributed by atoms with Gasteiger partial charge >= 0.3 is 12.2 Å². The van der Waals surface area contributed by atoms with E-state index in [4.69, 9.17) is 9.47 Å². The van der Waals surface area contributed by atoms with Crippen molar-refractivity contribution < 1.29 is 28.7 Å². The number of benzene rings is 2. The molecule has 1 aliphatic carbocycles. The molecule has 0 aromatic heterocycles. The Kier molecular flexibility index (Phi) is 11.0. The van der Waals surface area contributed by atoms with Crippen LogP contribution in [0.15, 0.2) is 48.5 Å². The molecule has 4 N–H and O–H groups in total. The lowest BCUT2D eigenvalue weighted by molar-refractivity contribution is -0.125. The predicted octanol–water partition coefficient (Wildman–Crippen LogP) is 6.12. The second kappa shape index (κ2) is 14.2. The SMILES string of the molecule is CC(C)(C)OC(=O)NCc1ccc(NC(=O)[C@H]2CC[C@H](C(=O)Nc3ccc(CNC(=O)OC(C)(C)C)cc3)CC2)cc1. The third-order valence-corrected chi connectivity index (χ3v) is 6.58. The first-order chi connectivity index (χ1) is 19.7. The summed E-state index contributed by atoms with van der Waals surface area (Å²) in [5.41, 5.74) is 2.03. The smallest absolute Gasteiger partial charge is 0.407 e. The van der Waals surface area contributed by atoms with Gasteiger partial charge in [0, 0.05) is 36.3 Å². The quantitative estimate of drug-likeness (QED) is 0.297. The van der Waals surface area contributed by atoms with Gasteiger partial charge < -0.3 is 30.7 Å². The number of nitrogens with one attached hydrogen (secondary N) is 4. The van der Waals surface area contributed by atoms with Gasteiger partial charge in [0.2, 0.25) is 11.8 Å². The van der Waals surface area contributed by atoms with E-state index in [1.54, 1.807) is 0 Å². The highest BCUT2D eigenvalue weighted by atomic mass is 16.6. The molecule has 1 fully saturated rings. The zero-order valence-electron chi connectivity index (χ0n) is 25.5. The van der Waals surface area contributed by atoms with Crippen LogP contribution in [0.4, 0.5) is 21.0 Å². The van der Waals surface area contributed by atoms with Crippen LogP contribution in [0.2, 0.25) is 0 Å². The molecule has 1 saturated carbocycles. The molecule has 10 nitrogen and oxygen atoms in total. The largest absolute Gasteiger partial charge is 0.444 e. The number of anilines is 2. The minimum Gasteiger partial charge on any atom is -0.444 e. The van der Waals surface area contributed by atoms with E-state index in [1.165, 1.54) is 0 Å². The highest BCUT2D eigenvalue weighted by Gasteiger charge is 2.30. The summed E-state index contributed by atoms with van der Waals surface area (Å²) in [5.74, 6) is -0.410. The average molecular weight is 581 g/mol. The first-order valence-electron chi connectivity index (χ1n) is 14.4. The fraction of sp³-hybridized carbons (Fsp3) is 0.500. The van der Waals surface area contributed by atoms with Gasteiger partial charge in [0.25, 0.3) is 0 Å². The molecule has 42 heavy (non-hydrogen) atoms. The van der Waals surface area contributed by atoms with Crippen LogP contribution in [0.3, 0.4) is 0 Å². The molecule has 2 aromatic rings. The molecule has 0 radical (unpaired) electrons. The van der Waals surface area contributed by atoms with Crippen molar-refractivity contribution >= 4 is 35.4 Å². The third-order valence-electron chi connectivity index (χ3n) is 6.58. The summed E-state index contributed by atoms with van der Waals surface area (Å²) < 4.78 is 10.5. The lowest BCUT2D eigenvalue weighted by Gasteiger charge is -2.27. The van der Waals surface area contributed by atoms with Gasteiger partial charge in [-0.15, -0.1) is 0 Å². The van der Waals surface area contributed by atoms with Gasteiger partial charge in [-0.1, -0.05) is 24.3 Å². The van der Waals surface area contributed by atoms with E-state index in [-0.39, 0.29) is 23.7 Å². The first kappa shape index (κ1) is 32.4. The Labute approximate surface area is 248 Å². The molecule has 0 atom stereocenters. The molecule has 0 spiro atoms. The van der Waals surface area contributed by atoms with Gasteiger partial charge in [0.05, 0.1) is 0 Å². The number of rotatable bonds is 8. The number of alkyl carbamates (subject to hydrolysis) is 2. The summed E-state index contributed by atoms with van der Waals surface area (Å²) in [4.78, 5) is 49.3. The van der Waals surface area contributed by atoms with Gasteiger partial charge in [-0.25, -0.2) is 9.59 Å². The van der Waals surface area contributed by atoms with Crippen molar-refractivity contribution in [2.45, 2.75) is 91.5 Å². The second-order valence-corrected chi connectivity index (χ2v) is 12.6. The van der Waals surface area contributed by atoms with Crippen LogP contribution >= 0.6 is 0 Å². The Balaban J connectivity index is 1.38. The molecular formula is C32H44N4O6. The van der Waals surface area contributed by atoms with E-state index in [0.717, 1.165) is 11.1 Å². The van der Waals surface area contributed by atoms with Gasteiger partial charge in [-0.3, -0.25) is 9.59 Å². The van der Waals surface area contributed by atoms with E-state index in [0.29, 0.717) is 50.1 Å². The molecule has 0 bridgehead atoms. The molecule has 1 aliphatic rings. The number of carbonyl (C=O) groups excluding carboxylic acids is 4. The minimum absolute atomic E-state index is 0.0518. The van der Waals surface area contributed by atoms with Crippen LogP contribution in [0.25, 0.3) is 0 Å². The molecule has 0 heterocycles. The van der Waals surface area contributed by atoms with Gasteiger partial charge in [0.1, 0.15) is 11.2 Å².